The lowest BCUT2D eigenvalue weighted by molar-refractivity contribution is -0.122. The first-order valence-electron chi connectivity index (χ1n) is 5.94. The van der Waals surface area contributed by atoms with Crippen LogP contribution in [0.25, 0.3) is 0 Å². The summed E-state index contributed by atoms with van der Waals surface area (Å²) in [5.74, 6) is -0.235. The van der Waals surface area contributed by atoms with Crippen molar-refractivity contribution >= 4 is 18.0 Å². The van der Waals surface area contributed by atoms with Crippen LogP contribution in [-0.2, 0) is 4.79 Å². The molecule has 0 spiro atoms. The SMILES string of the molecule is CC[C@H](C)NC(=O)CN1C(=O)N[C@H]2NC(=O)N[C@@H]21. The summed E-state index contributed by atoms with van der Waals surface area (Å²) >= 11 is 0. The molecule has 0 saturated carbocycles. The molecule has 100 valence electrons. The maximum atomic E-state index is 11.7. The van der Waals surface area contributed by atoms with Gasteiger partial charge in [0.25, 0.3) is 0 Å². The van der Waals surface area contributed by atoms with E-state index in [9.17, 15) is 14.4 Å². The van der Waals surface area contributed by atoms with E-state index >= 15 is 0 Å². The van der Waals surface area contributed by atoms with E-state index in [1.165, 1.54) is 4.90 Å². The van der Waals surface area contributed by atoms with E-state index in [1.807, 2.05) is 13.8 Å². The number of carbonyl (C=O) groups excluding carboxylic acids is 3. The summed E-state index contributed by atoms with van der Waals surface area (Å²) in [7, 11) is 0. The Labute approximate surface area is 104 Å². The highest BCUT2D eigenvalue weighted by atomic mass is 16.2. The van der Waals surface area contributed by atoms with Crippen LogP contribution in [0.3, 0.4) is 0 Å². The highest BCUT2D eigenvalue weighted by Crippen LogP contribution is 2.13. The van der Waals surface area contributed by atoms with Crippen molar-refractivity contribution in [3.63, 3.8) is 0 Å². The monoisotopic (exact) mass is 255 g/mol. The van der Waals surface area contributed by atoms with Crippen LogP contribution in [0, 0.1) is 0 Å². The van der Waals surface area contributed by atoms with E-state index < -0.39 is 12.3 Å². The Morgan fingerprint density at radius 1 is 1.39 bits per heavy atom. The Morgan fingerprint density at radius 2 is 2.11 bits per heavy atom. The summed E-state index contributed by atoms with van der Waals surface area (Å²) in [5.41, 5.74) is 0. The molecule has 0 bridgehead atoms. The van der Waals surface area contributed by atoms with Crippen LogP contribution in [0.2, 0.25) is 0 Å². The molecule has 2 aliphatic rings. The van der Waals surface area contributed by atoms with Crippen LogP contribution in [0.5, 0.6) is 0 Å². The van der Waals surface area contributed by atoms with Crippen molar-refractivity contribution in [2.45, 2.75) is 38.6 Å². The second-order valence-corrected chi connectivity index (χ2v) is 4.49. The fourth-order valence-corrected chi connectivity index (χ4v) is 1.94. The Hall–Kier alpha value is -1.99. The van der Waals surface area contributed by atoms with Crippen molar-refractivity contribution < 1.29 is 14.4 Å². The van der Waals surface area contributed by atoms with Crippen LogP contribution in [0.4, 0.5) is 9.59 Å². The number of hydrogen-bond acceptors (Lipinski definition) is 3. The fraction of sp³-hybridized carbons (Fsp3) is 0.700. The minimum atomic E-state index is -0.507. The molecule has 2 rings (SSSR count). The molecule has 4 N–H and O–H groups in total. The zero-order valence-electron chi connectivity index (χ0n) is 10.3. The van der Waals surface area contributed by atoms with Gasteiger partial charge in [-0.2, -0.15) is 0 Å². The molecular formula is C10H17N5O3. The number of amides is 5. The van der Waals surface area contributed by atoms with Gasteiger partial charge in [0, 0.05) is 6.04 Å². The summed E-state index contributed by atoms with van der Waals surface area (Å²) in [4.78, 5) is 35.8. The molecule has 18 heavy (non-hydrogen) atoms. The maximum Gasteiger partial charge on any atom is 0.321 e. The summed E-state index contributed by atoms with van der Waals surface area (Å²) in [6.45, 7) is 3.79. The Morgan fingerprint density at radius 3 is 2.78 bits per heavy atom. The molecule has 0 aromatic carbocycles. The summed E-state index contributed by atoms with van der Waals surface area (Å²) in [6.07, 6.45) is -0.156. The molecule has 8 nitrogen and oxygen atoms in total. The van der Waals surface area contributed by atoms with Gasteiger partial charge in [-0.3, -0.25) is 9.69 Å². The van der Waals surface area contributed by atoms with Crippen LogP contribution < -0.4 is 21.3 Å². The number of nitrogens with one attached hydrogen (secondary N) is 4. The molecular weight excluding hydrogens is 238 g/mol. The Kier molecular flexibility index (Phi) is 3.26. The topological polar surface area (TPSA) is 103 Å². The minimum absolute atomic E-state index is 0.0651. The molecule has 0 aromatic heterocycles. The molecule has 0 radical (unpaired) electrons. The van der Waals surface area contributed by atoms with Gasteiger partial charge in [0.15, 0.2) is 0 Å². The molecule has 3 atom stereocenters. The predicted octanol–water partition coefficient (Wildman–Crippen LogP) is -1.11. The van der Waals surface area contributed by atoms with E-state index in [2.05, 4.69) is 21.3 Å². The third-order valence-electron chi connectivity index (χ3n) is 3.09. The van der Waals surface area contributed by atoms with Crippen molar-refractivity contribution in [3.8, 4) is 0 Å². The second-order valence-electron chi connectivity index (χ2n) is 4.49. The van der Waals surface area contributed by atoms with Gasteiger partial charge in [0.05, 0.1) is 0 Å². The number of fused-ring (bicyclic) bond motifs is 1. The quantitative estimate of drug-likeness (QED) is 0.512. The molecule has 2 heterocycles. The lowest BCUT2D eigenvalue weighted by Crippen LogP contribution is -2.49. The number of urea groups is 2. The first-order chi connectivity index (χ1) is 8.51. The van der Waals surface area contributed by atoms with E-state index in [-0.39, 0.29) is 30.6 Å². The maximum absolute atomic E-state index is 11.7. The lowest BCUT2D eigenvalue weighted by Gasteiger charge is -2.21. The average Bonchev–Trinajstić information content (AvgIpc) is 2.77. The Balaban J connectivity index is 1.94. The zero-order valence-corrected chi connectivity index (χ0v) is 10.3. The van der Waals surface area contributed by atoms with Gasteiger partial charge in [-0.1, -0.05) is 6.92 Å². The summed E-state index contributed by atoms with van der Waals surface area (Å²) in [5, 5.41) is 10.5. The molecule has 0 aromatic rings. The third-order valence-corrected chi connectivity index (χ3v) is 3.09. The first kappa shape index (κ1) is 12.5. The van der Waals surface area contributed by atoms with Crippen LogP contribution in [0.1, 0.15) is 20.3 Å². The minimum Gasteiger partial charge on any atom is -0.352 e. The normalized spacial score (nSPS) is 27.1. The zero-order chi connectivity index (χ0) is 13.3. The third kappa shape index (κ3) is 2.31. The molecule has 2 aliphatic heterocycles. The fourth-order valence-electron chi connectivity index (χ4n) is 1.94. The van der Waals surface area contributed by atoms with Gasteiger partial charge in [0.1, 0.15) is 18.9 Å². The second kappa shape index (κ2) is 4.71. The van der Waals surface area contributed by atoms with Gasteiger partial charge >= 0.3 is 12.1 Å². The average molecular weight is 255 g/mol. The van der Waals surface area contributed by atoms with Crippen molar-refractivity contribution in [1.82, 2.24) is 26.2 Å². The Bertz CT molecular complexity index is 386. The van der Waals surface area contributed by atoms with E-state index in [0.29, 0.717) is 0 Å². The lowest BCUT2D eigenvalue weighted by atomic mass is 10.2. The van der Waals surface area contributed by atoms with E-state index in [4.69, 9.17) is 0 Å². The summed E-state index contributed by atoms with van der Waals surface area (Å²) in [6, 6.07) is -0.649. The number of nitrogens with zero attached hydrogens (tertiary/aromatic N) is 1. The van der Waals surface area contributed by atoms with E-state index in [0.717, 1.165) is 6.42 Å². The number of hydrogen-bond donors (Lipinski definition) is 4. The molecule has 5 amide bonds. The molecule has 0 unspecified atom stereocenters. The van der Waals surface area contributed by atoms with Gasteiger partial charge < -0.3 is 21.3 Å². The van der Waals surface area contributed by atoms with Gasteiger partial charge in [-0.15, -0.1) is 0 Å². The largest absolute Gasteiger partial charge is 0.352 e. The molecule has 8 heteroatoms. The highest BCUT2D eigenvalue weighted by molar-refractivity contribution is 5.88. The van der Waals surface area contributed by atoms with Crippen molar-refractivity contribution in [1.29, 1.82) is 0 Å². The van der Waals surface area contributed by atoms with Crippen molar-refractivity contribution in [3.05, 3.63) is 0 Å². The predicted molar refractivity (Wildman–Crippen MR) is 62.4 cm³/mol. The van der Waals surface area contributed by atoms with Gasteiger partial charge in [-0.25, -0.2) is 9.59 Å². The summed E-state index contributed by atoms with van der Waals surface area (Å²) < 4.78 is 0. The van der Waals surface area contributed by atoms with Crippen LogP contribution in [-0.4, -0.2) is 47.8 Å². The van der Waals surface area contributed by atoms with E-state index in [1.54, 1.807) is 0 Å². The smallest absolute Gasteiger partial charge is 0.321 e. The number of rotatable bonds is 4. The molecule has 2 saturated heterocycles. The van der Waals surface area contributed by atoms with Gasteiger partial charge in [-0.05, 0) is 13.3 Å². The standard InChI is InChI=1S/C10H17N5O3/c1-3-5(2)11-6(16)4-15-8-7(13-10(15)18)12-9(17)14-8/h5,7-8H,3-4H2,1-2H3,(H,11,16)(H,13,18)(H2,12,14,17)/t5-,7+,8+/m0/s1. The van der Waals surface area contributed by atoms with Crippen LogP contribution in [0.15, 0.2) is 0 Å². The van der Waals surface area contributed by atoms with Crippen molar-refractivity contribution in [2.75, 3.05) is 6.54 Å². The molecule has 2 fully saturated rings. The number of carbonyl (C=O) groups is 3. The van der Waals surface area contributed by atoms with Crippen molar-refractivity contribution in [2.24, 2.45) is 0 Å². The van der Waals surface area contributed by atoms with Gasteiger partial charge in [0.2, 0.25) is 5.91 Å². The highest BCUT2D eigenvalue weighted by Gasteiger charge is 2.45. The van der Waals surface area contributed by atoms with Crippen LogP contribution >= 0.6 is 0 Å². The molecule has 0 aliphatic carbocycles. The first-order valence-corrected chi connectivity index (χ1v) is 5.94.